The smallest absolute Gasteiger partial charge is 0.0334 e. The van der Waals surface area contributed by atoms with Gasteiger partial charge in [0.25, 0.3) is 0 Å². The Bertz CT molecular complexity index is 488. The highest BCUT2D eigenvalue weighted by molar-refractivity contribution is 7.09. The van der Waals surface area contributed by atoms with Gasteiger partial charge in [-0.25, -0.2) is 0 Å². The number of hydrogen-bond donors (Lipinski definition) is 1. The molecule has 1 aromatic heterocycles. The second-order valence-electron chi connectivity index (χ2n) is 5.43. The SMILES string of the molecule is CC(C)N(Cc1ccc(CCN)cc1)Cc1cccs1. The molecular formula is C17H24N2S. The third-order valence-corrected chi connectivity index (χ3v) is 4.37. The molecule has 0 saturated carbocycles. The molecule has 20 heavy (non-hydrogen) atoms. The first-order valence-corrected chi connectivity index (χ1v) is 8.11. The number of nitrogens with two attached hydrogens (primary N) is 1. The molecule has 0 atom stereocenters. The molecule has 0 bridgehead atoms. The topological polar surface area (TPSA) is 29.3 Å². The number of hydrogen-bond acceptors (Lipinski definition) is 3. The van der Waals surface area contributed by atoms with Crippen molar-refractivity contribution in [1.29, 1.82) is 0 Å². The fraction of sp³-hybridized carbons (Fsp3) is 0.412. The van der Waals surface area contributed by atoms with E-state index in [0.29, 0.717) is 6.04 Å². The monoisotopic (exact) mass is 288 g/mol. The molecule has 0 fully saturated rings. The lowest BCUT2D eigenvalue weighted by molar-refractivity contribution is 0.205. The van der Waals surface area contributed by atoms with Gasteiger partial charge in [-0.3, -0.25) is 4.90 Å². The van der Waals surface area contributed by atoms with E-state index in [2.05, 4.69) is 60.5 Å². The van der Waals surface area contributed by atoms with Gasteiger partial charge in [-0.1, -0.05) is 30.3 Å². The number of rotatable bonds is 7. The average Bonchev–Trinajstić information content (AvgIpc) is 2.93. The predicted octanol–water partition coefficient (Wildman–Crippen LogP) is 3.66. The van der Waals surface area contributed by atoms with Crippen molar-refractivity contribution in [3.63, 3.8) is 0 Å². The van der Waals surface area contributed by atoms with Gasteiger partial charge in [0, 0.05) is 24.0 Å². The lowest BCUT2D eigenvalue weighted by Gasteiger charge is -2.26. The van der Waals surface area contributed by atoms with Crippen LogP contribution in [0.2, 0.25) is 0 Å². The van der Waals surface area contributed by atoms with Crippen LogP contribution < -0.4 is 5.73 Å². The van der Waals surface area contributed by atoms with Crippen molar-refractivity contribution in [2.75, 3.05) is 6.54 Å². The fourth-order valence-electron chi connectivity index (χ4n) is 2.24. The van der Waals surface area contributed by atoms with Crippen molar-refractivity contribution in [1.82, 2.24) is 4.90 Å². The summed E-state index contributed by atoms with van der Waals surface area (Å²) < 4.78 is 0. The summed E-state index contributed by atoms with van der Waals surface area (Å²) in [6, 6.07) is 13.7. The van der Waals surface area contributed by atoms with Crippen LogP contribution in [-0.4, -0.2) is 17.5 Å². The van der Waals surface area contributed by atoms with Crippen LogP contribution in [0.1, 0.15) is 29.9 Å². The van der Waals surface area contributed by atoms with Crippen LogP contribution in [0.5, 0.6) is 0 Å². The molecule has 1 heterocycles. The van der Waals surface area contributed by atoms with Crippen molar-refractivity contribution in [2.45, 2.75) is 39.4 Å². The highest BCUT2D eigenvalue weighted by Crippen LogP contribution is 2.17. The normalized spacial score (nSPS) is 11.4. The first kappa shape index (κ1) is 15.2. The van der Waals surface area contributed by atoms with Gasteiger partial charge < -0.3 is 5.73 Å². The molecule has 2 nitrogen and oxygen atoms in total. The molecule has 0 saturated heterocycles. The summed E-state index contributed by atoms with van der Waals surface area (Å²) in [6.07, 6.45) is 0.962. The van der Waals surface area contributed by atoms with Crippen LogP contribution in [-0.2, 0) is 19.5 Å². The van der Waals surface area contributed by atoms with Gasteiger partial charge in [-0.2, -0.15) is 0 Å². The van der Waals surface area contributed by atoms with Gasteiger partial charge in [-0.05, 0) is 49.4 Å². The Hall–Kier alpha value is -1.16. The summed E-state index contributed by atoms with van der Waals surface area (Å²) in [5.41, 5.74) is 8.28. The Morgan fingerprint density at radius 2 is 1.75 bits per heavy atom. The highest BCUT2D eigenvalue weighted by atomic mass is 32.1. The van der Waals surface area contributed by atoms with Crippen molar-refractivity contribution < 1.29 is 0 Å². The minimum atomic E-state index is 0.542. The zero-order chi connectivity index (χ0) is 14.4. The van der Waals surface area contributed by atoms with Crippen molar-refractivity contribution >= 4 is 11.3 Å². The van der Waals surface area contributed by atoms with Crippen LogP contribution >= 0.6 is 11.3 Å². The maximum Gasteiger partial charge on any atom is 0.0334 e. The van der Waals surface area contributed by atoms with Gasteiger partial charge in [0.1, 0.15) is 0 Å². The Balaban J connectivity index is 2.00. The van der Waals surface area contributed by atoms with Crippen LogP contribution in [0.15, 0.2) is 41.8 Å². The number of thiophene rings is 1. The summed E-state index contributed by atoms with van der Waals surface area (Å²) >= 11 is 1.83. The first-order chi connectivity index (χ1) is 9.69. The quantitative estimate of drug-likeness (QED) is 0.842. The molecule has 2 aromatic rings. The zero-order valence-electron chi connectivity index (χ0n) is 12.4. The second kappa shape index (κ2) is 7.58. The van der Waals surface area contributed by atoms with E-state index in [-0.39, 0.29) is 0 Å². The second-order valence-corrected chi connectivity index (χ2v) is 6.47. The van der Waals surface area contributed by atoms with Gasteiger partial charge in [0.2, 0.25) is 0 Å². The van der Waals surface area contributed by atoms with Gasteiger partial charge in [0.05, 0.1) is 0 Å². The first-order valence-electron chi connectivity index (χ1n) is 7.23. The molecule has 0 spiro atoms. The Morgan fingerprint density at radius 3 is 2.30 bits per heavy atom. The minimum Gasteiger partial charge on any atom is -0.330 e. The Labute approximate surface area is 126 Å². The van der Waals surface area contributed by atoms with Crippen LogP contribution in [0.4, 0.5) is 0 Å². The molecule has 0 unspecified atom stereocenters. The van der Waals surface area contributed by atoms with E-state index in [1.807, 2.05) is 11.3 Å². The number of nitrogens with zero attached hydrogens (tertiary/aromatic N) is 1. The maximum atomic E-state index is 5.59. The summed E-state index contributed by atoms with van der Waals surface area (Å²) in [5.74, 6) is 0. The average molecular weight is 288 g/mol. The molecular weight excluding hydrogens is 264 g/mol. The standard InChI is InChI=1S/C17H24N2S/c1-14(2)19(13-17-4-3-11-20-17)12-16-7-5-15(6-8-16)9-10-18/h3-8,11,14H,9-10,12-13,18H2,1-2H3. The van der Waals surface area contributed by atoms with Gasteiger partial charge in [-0.15, -0.1) is 11.3 Å². The van der Waals surface area contributed by atoms with E-state index in [0.717, 1.165) is 26.1 Å². The zero-order valence-corrected chi connectivity index (χ0v) is 13.2. The molecule has 0 aliphatic carbocycles. The molecule has 0 radical (unpaired) electrons. The molecule has 0 aliphatic rings. The summed E-state index contributed by atoms with van der Waals surface area (Å²) in [4.78, 5) is 3.93. The van der Waals surface area contributed by atoms with Crippen LogP contribution in [0.25, 0.3) is 0 Å². The molecule has 2 rings (SSSR count). The molecule has 1 aromatic carbocycles. The molecule has 108 valence electrons. The van der Waals surface area contributed by atoms with E-state index >= 15 is 0 Å². The lowest BCUT2D eigenvalue weighted by atomic mass is 10.1. The number of benzene rings is 1. The summed E-state index contributed by atoms with van der Waals surface area (Å²) in [7, 11) is 0. The Morgan fingerprint density at radius 1 is 1.05 bits per heavy atom. The van der Waals surface area contributed by atoms with E-state index in [1.54, 1.807) is 0 Å². The molecule has 3 heteroatoms. The van der Waals surface area contributed by atoms with Crippen molar-refractivity contribution in [2.24, 2.45) is 5.73 Å². The van der Waals surface area contributed by atoms with E-state index in [4.69, 9.17) is 5.73 Å². The van der Waals surface area contributed by atoms with Crippen LogP contribution in [0.3, 0.4) is 0 Å². The Kier molecular flexibility index (Phi) is 5.77. The van der Waals surface area contributed by atoms with Crippen LogP contribution in [0, 0.1) is 0 Å². The molecule has 0 aliphatic heterocycles. The van der Waals surface area contributed by atoms with Gasteiger partial charge >= 0.3 is 0 Å². The summed E-state index contributed by atoms with van der Waals surface area (Å²) in [6.45, 7) is 7.26. The molecule has 2 N–H and O–H groups in total. The minimum absolute atomic E-state index is 0.542. The van der Waals surface area contributed by atoms with E-state index in [9.17, 15) is 0 Å². The van der Waals surface area contributed by atoms with E-state index < -0.39 is 0 Å². The van der Waals surface area contributed by atoms with Crippen molar-refractivity contribution in [3.05, 3.63) is 57.8 Å². The maximum absolute atomic E-state index is 5.59. The molecule has 0 amide bonds. The largest absolute Gasteiger partial charge is 0.330 e. The van der Waals surface area contributed by atoms with Gasteiger partial charge in [0.15, 0.2) is 0 Å². The predicted molar refractivity (Wildman–Crippen MR) is 87.9 cm³/mol. The van der Waals surface area contributed by atoms with Crippen molar-refractivity contribution in [3.8, 4) is 0 Å². The highest BCUT2D eigenvalue weighted by Gasteiger charge is 2.11. The third-order valence-electron chi connectivity index (χ3n) is 3.51. The summed E-state index contributed by atoms with van der Waals surface area (Å²) in [5, 5.41) is 2.15. The third kappa shape index (κ3) is 4.44. The van der Waals surface area contributed by atoms with E-state index in [1.165, 1.54) is 16.0 Å². The lowest BCUT2D eigenvalue weighted by Crippen LogP contribution is -2.29. The fourth-order valence-corrected chi connectivity index (χ4v) is 2.97.